The zero-order valence-electron chi connectivity index (χ0n) is 5.80. The zero-order chi connectivity index (χ0) is 6.97. The van der Waals surface area contributed by atoms with Crippen LogP contribution in [0.4, 0.5) is 0 Å². The lowest BCUT2D eigenvalue weighted by atomic mass is 10.1. The Kier molecular flexibility index (Phi) is 1.38. The Morgan fingerprint density at radius 2 is 2.20 bits per heavy atom. The molecule has 0 aromatic carbocycles. The molecule has 2 atom stereocenters. The fourth-order valence-corrected chi connectivity index (χ4v) is 1.59. The Labute approximate surface area is 59.7 Å². The first-order valence-corrected chi connectivity index (χ1v) is 3.77. The van der Waals surface area contributed by atoms with E-state index in [0.717, 1.165) is 19.4 Å². The van der Waals surface area contributed by atoms with E-state index in [4.69, 9.17) is 4.74 Å². The van der Waals surface area contributed by atoms with Gasteiger partial charge in [-0.1, -0.05) is 0 Å². The number of ether oxygens (including phenoxy) is 1. The van der Waals surface area contributed by atoms with E-state index < -0.39 is 0 Å². The molecule has 3 nitrogen and oxygen atoms in total. The molecule has 0 unspecified atom stereocenters. The number of rotatable bonds is 0. The van der Waals surface area contributed by atoms with Crippen LogP contribution in [0, 0.1) is 0 Å². The lowest BCUT2D eigenvalue weighted by Crippen LogP contribution is -2.29. The van der Waals surface area contributed by atoms with Crippen molar-refractivity contribution >= 4 is 5.91 Å². The first kappa shape index (κ1) is 6.16. The molecule has 2 aliphatic heterocycles. The molecule has 2 rings (SSSR count). The van der Waals surface area contributed by atoms with Crippen molar-refractivity contribution in [1.29, 1.82) is 0 Å². The maximum atomic E-state index is 10.9. The second-order valence-electron chi connectivity index (χ2n) is 2.97. The minimum Gasteiger partial charge on any atom is -0.373 e. The molecule has 0 aromatic rings. The first-order chi connectivity index (χ1) is 4.84. The van der Waals surface area contributed by atoms with Gasteiger partial charge in [0.25, 0.3) is 0 Å². The van der Waals surface area contributed by atoms with Gasteiger partial charge in [-0.3, -0.25) is 4.79 Å². The Morgan fingerprint density at radius 1 is 1.40 bits per heavy atom. The molecule has 0 spiro atoms. The summed E-state index contributed by atoms with van der Waals surface area (Å²) in [5, 5.41) is 2.81. The Balaban J connectivity index is 2.05. The van der Waals surface area contributed by atoms with Crippen LogP contribution >= 0.6 is 0 Å². The smallest absolute Gasteiger partial charge is 0.222 e. The highest BCUT2D eigenvalue weighted by molar-refractivity contribution is 5.76. The molecular formula is C7H11NO2. The van der Waals surface area contributed by atoms with Crippen molar-refractivity contribution in [2.75, 3.05) is 6.54 Å². The summed E-state index contributed by atoms with van der Waals surface area (Å²) in [6.45, 7) is 0.718. The molecule has 2 aliphatic rings. The van der Waals surface area contributed by atoms with Gasteiger partial charge in [0.15, 0.2) is 0 Å². The molecule has 1 amide bonds. The van der Waals surface area contributed by atoms with Crippen LogP contribution in [0.25, 0.3) is 0 Å². The maximum absolute atomic E-state index is 10.9. The number of amides is 1. The van der Waals surface area contributed by atoms with Gasteiger partial charge in [0, 0.05) is 6.54 Å². The molecule has 0 aromatic heterocycles. The van der Waals surface area contributed by atoms with Crippen LogP contribution in [0.5, 0.6) is 0 Å². The van der Waals surface area contributed by atoms with Gasteiger partial charge in [-0.15, -0.1) is 0 Å². The molecule has 2 heterocycles. The highest BCUT2D eigenvalue weighted by atomic mass is 16.5. The molecular weight excluding hydrogens is 130 g/mol. The maximum Gasteiger partial charge on any atom is 0.222 e. The second-order valence-corrected chi connectivity index (χ2v) is 2.97. The molecule has 3 heteroatoms. The number of fused-ring (bicyclic) bond motifs is 2. The predicted molar refractivity (Wildman–Crippen MR) is 35.5 cm³/mol. The SMILES string of the molecule is O=C1C[C@H]2CC[C@@H](CN1)O2. The third-order valence-electron chi connectivity index (χ3n) is 2.14. The predicted octanol–water partition coefficient (Wildman–Crippen LogP) is 0.0539. The van der Waals surface area contributed by atoms with Crippen molar-refractivity contribution in [2.45, 2.75) is 31.5 Å². The monoisotopic (exact) mass is 141 g/mol. The van der Waals surface area contributed by atoms with E-state index in [1.54, 1.807) is 0 Å². The van der Waals surface area contributed by atoms with Crippen molar-refractivity contribution in [3.05, 3.63) is 0 Å². The average Bonchev–Trinajstić information content (AvgIpc) is 2.22. The van der Waals surface area contributed by atoms with Crippen molar-refractivity contribution in [3.8, 4) is 0 Å². The largest absolute Gasteiger partial charge is 0.373 e. The van der Waals surface area contributed by atoms with Gasteiger partial charge >= 0.3 is 0 Å². The first-order valence-electron chi connectivity index (χ1n) is 3.77. The van der Waals surface area contributed by atoms with Gasteiger partial charge in [0.1, 0.15) is 0 Å². The highest BCUT2D eigenvalue weighted by Crippen LogP contribution is 2.23. The molecule has 1 N–H and O–H groups in total. The third-order valence-corrected chi connectivity index (χ3v) is 2.14. The van der Waals surface area contributed by atoms with E-state index in [9.17, 15) is 4.79 Å². The van der Waals surface area contributed by atoms with Crippen LogP contribution < -0.4 is 5.32 Å². The van der Waals surface area contributed by atoms with Crippen LogP contribution in [0.15, 0.2) is 0 Å². The van der Waals surface area contributed by atoms with Crippen molar-refractivity contribution in [2.24, 2.45) is 0 Å². The molecule has 0 saturated carbocycles. The van der Waals surface area contributed by atoms with E-state index in [2.05, 4.69) is 5.32 Å². The van der Waals surface area contributed by atoms with Crippen molar-refractivity contribution < 1.29 is 9.53 Å². The standard InChI is InChI=1S/C7H11NO2/c9-7-3-5-1-2-6(10-5)4-8-7/h5-6H,1-4H2,(H,8,9)/t5-,6+/m1/s1. The molecule has 0 radical (unpaired) electrons. The normalized spacial score (nSPS) is 39.0. The lowest BCUT2D eigenvalue weighted by Gasteiger charge is -2.05. The number of nitrogens with one attached hydrogen (secondary N) is 1. The topological polar surface area (TPSA) is 38.3 Å². The van der Waals surface area contributed by atoms with Gasteiger partial charge in [-0.05, 0) is 12.8 Å². The molecule has 0 aliphatic carbocycles. The summed E-state index contributed by atoms with van der Waals surface area (Å²) in [5.74, 6) is 0.146. The summed E-state index contributed by atoms with van der Waals surface area (Å²) in [6, 6.07) is 0. The van der Waals surface area contributed by atoms with Gasteiger partial charge in [-0.2, -0.15) is 0 Å². The van der Waals surface area contributed by atoms with E-state index in [1.807, 2.05) is 0 Å². The fourth-order valence-electron chi connectivity index (χ4n) is 1.59. The van der Waals surface area contributed by atoms with Gasteiger partial charge in [0.05, 0.1) is 18.6 Å². The van der Waals surface area contributed by atoms with E-state index in [-0.39, 0.29) is 12.0 Å². The van der Waals surface area contributed by atoms with Crippen LogP contribution in [0.1, 0.15) is 19.3 Å². The van der Waals surface area contributed by atoms with Gasteiger partial charge in [-0.25, -0.2) is 0 Å². The third kappa shape index (κ3) is 1.01. The summed E-state index contributed by atoms with van der Waals surface area (Å²) in [4.78, 5) is 10.9. The minimum absolute atomic E-state index is 0.146. The highest BCUT2D eigenvalue weighted by Gasteiger charge is 2.30. The van der Waals surface area contributed by atoms with E-state index >= 15 is 0 Å². The summed E-state index contributed by atoms with van der Waals surface area (Å²) < 4.78 is 5.51. The molecule has 2 bridgehead atoms. The molecule has 10 heavy (non-hydrogen) atoms. The van der Waals surface area contributed by atoms with Gasteiger partial charge < -0.3 is 10.1 Å². The van der Waals surface area contributed by atoms with Crippen LogP contribution in [0.2, 0.25) is 0 Å². The summed E-state index contributed by atoms with van der Waals surface area (Å²) >= 11 is 0. The zero-order valence-corrected chi connectivity index (χ0v) is 5.80. The van der Waals surface area contributed by atoms with E-state index in [0.29, 0.717) is 12.5 Å². The minimum atomic E-state index is 0.146. The summed E-state index contributed by atoms with van der Waals surface area (Å²) in [7, 11) is 0. The Morgan fingerprint density at radius 3 is 3.10 bits per heavy atom. The van der Waals surface area contributed by atoms with Crippen LogP contribution in [-0.4, -0.2) is 24.7 Å². The average molecular weight is 141 g/mol. The molecule has 2 saturated heterocycles. The van der Waals surface area contributed by atoms with Crippen LogP contribution in [0.3, 0.4) is 0 Å². The number of hydrogen-bond donors (Lipinski definition) is 1. The van der Waals surface area contributed by atoms with Crippen molar-refractivity contribution in [1.82, 2.24) is 5.32 Å². The Hall–Kier alpha value is -0.570. The molecule has 2 fully saturated rings. The van der Waals surface area contributed by atoms with Crippen LogP contribution in [-0.2, 0) is 9.53 Å². The van der Waals surface area contributed by atoms with E-state index in [1.165, 1.54) is 0 Å². The fraction of sp³-hybridized carbons (Fsp3) is 0.857. The second kappa shape index (κ2) is 2.23. The van der Waals surface area contributed by atoms with Crippen molar-refractivity contribution in [3.63, 3.8) is 0 Å². The lowest BCUT2D eigenvalue weighted by molar-refractivity contribution is -0.121. The quantitative estimate of drug-likeness (QED) is 0.517. The van der Waals surface area contributed by atoms with Gasteiger partial charge in [0.2, 0.25) is 5.91 Å². The number of carbonyl (C=O) groups is 1. The number of hydrogen-bond acceptors (Lipinski definition) is 2. The summed E-state index contributed by atoms with van der Waals surface area (Å²) in [5.41, 5.74) is 0. The molecule has 56 valence electrons. The Bertz CT molecular complexity index is 158. The number of carbonyl (C=O) groups excluding carboxylic acids is 1. The summed E-state index contributed by atoms with van der Waals surface area (Å²) in [6.07, 6.45) is 3.27.